The zero-order valence-corrected chi connectivity index (χ0v) is 17.6. The van der Waals surface area contributed by atoms with Crippen molar-refractivity contribution < 1.29 is 0 Å². The Morgan fingerprint density at radius 2 is 1.40 bits per heavy atom. The van der Waals surface area contributed by atoms with E-state index < -0.39 is 0 Å². The fraction of sp³-hybridized carbons (Fsp3) is 0.148. The molecule has 148 valence electrons. The van der Waals surface area contributed by atoms with E-state index in [0.29, 0.717) is 11.5 Å². The Kier molecular flexibility index (Phi) is 5.53. The lowest BCUT2D eigenvalue weighted by Crippen LogP contribution is -2.03. The first-order valence-corrected chi connectivity index (χ1v) is 10.3. The second-order valence-electron chi connectivity index (χ2n) is 7.46. The van der Waals surface area contributed by atoms with E-state index in [0.717, 1.165) is 45.6 Å². The molecule has 0 fully saturated rings. The summed E-state index contributed by atoms with van der Waals surface area (Å²) in [5.41, 5.74) is 8.98. The molecule has 0 aliphatic carbocycles. The summed E-state index contributed by atoms with van der Waals surface area (Å²) in [4.78, 5) is 10.1. The minimum Gasteiger partial charge on any atom is -0.305 e. The van der Waals surface area contributed by atoms with Gasteiger partial charge < -0.3 is 5.41 Å². The molecule has 0 saturated heterocycles. The maximum atomic E-state index is 7.85. The van der Waals surface area contributed by atoms with Crippen molar-refractivity contribution in [1.82, 2.24) is 9.97 Å². The van der Waals surface area contributed by atoms with E-state index in [2.05, 4.69) is 50.2 Å². The number of hydrogen-bond donors (Lipinski definition) is 1. The number of hydrogen-bond acceptors (Lipinski definition) is 3. The molecule has 0 aliphatic heterocycles. The molecule has 0 spiro atoms. The summed E-state index contributed by atoms with van der Waals surface area (Å²) in [6.45, 7) is 6.08. The smallest absolute Gasteiger partial charge is 0.160 e. The third-order valence-corrected chi connectivity index (χ3v) is 5.38. The van der Waals surface area contributed by atoms with E-state index >= 15 is 0 Å². The Morgan fingerprint density at radius 3 is 2.03 bits per heavy atom. The Bertz CT molecular complexity index is 1190. The maximum absolute atomic E-state index is 7.85. The van der Waals surface area contributed by atoms with Crippen molar-refractivity contribution >= 4 is 5.71 Å². The monoisotopic (exact) mass is 391 g/mol. The van der Waals surface area contributed by atoms with Crippen LogP contribution in [-0.2, 0) is 6.42 Å². The molecule has 0 aliphatic rings. The molecule has 3 nitrogen and oxygen atoms in total. The second kappa shape index (κ2) is 8.42. The topological polar surface area (TPSA) is 49.6 Å². The molecule has 3 heteroatoms. The van der Waals surface area contributed by atoms with Crippen molar-refractivity contribution in [3.63, 3.8) is 0 Å². The number of rotatable bonds is 5. The van der Waals surface area contributed by atoms with Gasteiger partial charge in [-0.3, -0.25) is 0 Å². The number of nitrogens with zero attached hydrogens (tertiary/aromatic N) is 2. The molecule has 1 N–H and O–H groups in total. The predicted molar refractivity (Wildman–Crippen MR) is 125 cm³/mol. The zero-order valence-electron chi connectivity index (χ0n) is 17.6. The van der Waals surface area contributed by atoms with Crippen LogP contribution in [0.15, 0.2) is 78.9 Å². The van der Waals surface area contributed by atoms with Gasteiger partial charge in [0.25, 0.3) is 0 Å². The lowest BCUT2D eigenvalue weighted by molar-refractivity contribution is 1.06. The van der Waals surface area contributed by atoms with E-state index in [-0.39, 0.29) is 0 Å². The largest absolute Gasteiger partial charge is 0.305 e. The number of aromatic nitrogens is 2. The molecule has 0 unspecified atom stereocenters. The van der Waals surface area contributed by atoms with Crippen LogP contribution < -0.4 is 0 Å². The van der Waals surface area contributed by atoms with Gasteiger partial charge in [-0.05, 0) is 31.4 Å². The first kappa shape index (κ1) is 19.7. The van der Waals surface area contributed by atoms with E-state index in [9.17, 15) is 0 Å². The van der Waals surface area contributed by atoms with Crippen LogP contribution in [0.2, 0.25) is 0 Å². The van der Waals surface area contributed by atoms with Gasteiger partial charge in [0.2, 0.25) is 0 Å². The number of benzene rings is 3. The summed E-state index contributed by atoms with van der Waals surface area (Å²) < 4.78 is 0. The average Bonchev–Trinajstić information content (AvgIpc) is 2.79. The van der Waals surface area contributed by atoms with Crippen molar-refractivity contribution in [3.05, 3.63) is 95.6 Å². The summed E-state index contributed by atoms with van der Waals surface area (Å²) in [7, 11) is 0. The summed E-state index contributed by atoms with van der Waals surface area (Å²) in [6, 6.07) is 26.6. The van der Waals surface area contributed by atoms with Crippen LogP contribution in [0.25, 0.3) is 33.9 Å². The van der Waals surface area contributed by atoms with Gasteiger partial charge in [-0.2, -0.15) is 0 Å². The molecule has 4 aromatic rings. The second-order valence-corrected chi connectivity index (χ2v) is 7.46. The van der Waals surface area contributed by atoms with Gasteiger partial charge >= 0.3 is 0 Å². The minimum atomic E-state index is 0.550. The number of aryl methyl sites for hydroxylation is 1. The molecular formula is C27H25N3. The molecule has 0 atom stereocenters. The van der Waals surface area contributed by atoms with Crippen molar-refractivity contribution in [1.29, 1.82) is 5.41 Å². The summed E-state index contributed by atoms with van der Waals surface area (Å²) in [5.74, 6) is 0.707. The SMILES string of the molecule is CCc1c(-c2ccccc2)nc(-c2ccc(C(C)=N)cc2)nc1-c1ccccc1C. The Balaban J connectivity index is 1.98. The Labute approximate surface area is 178 Å². The van der Waals surface area contributed by atoms with Gasteiger partial charge in [0.05, 0.1) is 11.4 Å². The van der Waals surface area contributed by atoms with Crippen LogP contribution in [0.4, 0.5) is 0 Å². The lowest BCUT2D eigenvalue weighted by Gasteiger charge is -2.16. The van der Waals surface area contributed by atoms with Gasteiger partial charge in [0.15, 0.2) is 5.82 Å². The van der Waals surface area contributed by atoms with Crippen LogP contribution in [0.3, 0.4) is 0 Å². The third kappa shape index (κ3) is 3.79. The van der Waals surface area contributed by atoms with E-state index in [4.69, 9.17) is 15.4 Å². The highest BCUT2D eigenvalue weighted by atomic mass is 14.9. The average molecular weight is 392 g/mol. The third-order valence-electron chi connectivity index (χ3n) is 5.38. The van der Waals surface area contributed by atoms with E-state index in [1.807, 2.05) is 42.5 Å². The molecule has 0 bridgehead atoms. The summed E-state index contributed by atoms with van der Waals surface area (Å²) in [5, 5.41) is 7.85. The first-order chi connectivity index (χ1) is 14.6. The molecule has 30 heavy (non-hydrogen) atoms. The van der Waals surface area contributed by atoms with Crippen LogP contribution in [0.5, 0.6) is 0 Å². The van der Waals surface area contributed by atoms with Gasteiger partial charge in [0, 0.05) is 28.0 Å². The first-order valence-electron chi connectivity index (χ1n) is 10.3. The van der Waals surface area contributed by atoms with E-state index in [1.165, 1.54) is 5.56 Å². The molecule has 1 aromatic heterocycles. The molecule has 3 aromatic carbocycles. The Hall–Kier alpha value is -3.59. The summed E-state index contributed by atoms with van der Waals surface area (Å²) >= 11 is 0. The van der Waals surface area contributed by atoms with Crippen molar-refractivity contribution in [2.75, 3.05) is 0 Å². The maximum Gasteiger partial charge on any atom is 0.160 e. The zero-order chi connectivity index (χ0) is 21.1. The standard InChI is InChI=1S/C27H25N3/c1-4-23-25(21-11-6-5-7-12-21)29-27(22-16-14-20(15-17-22)19(3)28)30-26(23)24-13-9-8-10-18(24)2/h5-17,28H,4H2,1-3H3. The molecule has 4 rings (SSSR count). The highest BCUT2D eigenvalue weighted by Crippen LogP contribution is 2.34. The molecule has 1 heterocycles. The normalized spacial score (nSPS) is 10.8. The van der Waals surface area contributed by atoms with Gasteiger partial charge in [0.1, 0.15) is 0 Å². The minimum absolute atomic E-state index is 0.550. The summed E-state index contributed by atoms with van der Waals surface area (Å²) in [6.07, 6.45) is 0.847. The molecule has 0 radical (unpaired) electrons. The van der Waals surface area contributed by atoms with Crippen LogP contribution in [0, 0.1) is 12.3 Å². The quantitative estimate of drug-likeness (QED) is 0.383. The lowest BCUT2D eigenvalue weighted by atomic mass is 9.95. The highest BCUT2D eigenvalue weighted by molar-refractivity contribution is 5.96. The van der Waals surface area contributed by atoms with Crippen molar-refractivity contribution in [3.8, 4) is 33.9 Å². The number of nitrogens with one attached hydrogen (secondary N) is 1. The van der Waals surface area contributed by atoms with Gasteiger partial charge in [-0.15, -0.1) is 0 Å². The van der Waals surface area contributed by atoms with Gasteiger partial charge in [-0.1, -0.05) is 85.8 Å². The predicted octanol–water partition coefficient (Wildman–Crippen LogP) is 6.74. The van der Waals surface area contributed by atoms with Crippen LogP contribution in [0.1, 0.15) is 30.5 Å². The molecule has 0 amide bonds. The highest BCUT2D eigenvalue weighted by Gasteiger charge is 2.18. The fourth-order valence-electron chi connectivity index (χ4n) is 3.71. The molecular weight excluding hydrogens is 366 g/mol. The van der Waals surface area contributed by atoms with E-state index in [1.54, 1.807) is 6.92 Å². The van der Waals surface area contributed by atoms with Crippen LogP contribution in [-0.4, -0.2) is 15.7 Å². The Morgan fingerprint density at radius 1 is 0.767 bits per heavy atom. The fourth-order valence-corrected chi connectivity index (χ4v) is 3.71. The molecule has 0 saturated carbocycles. The van der Waals surface area contributed by atoms with Gasteiger partial charge in [-0.25, -0.2) is 9.97 Å². The van der Waals surface area contributed by atoms with Crippen molar-refractivity contribution in [2.24, 2.45) is 0 Å². The van der Waals surface area contributed by atoms with Crippen LogP contribution >= 0.6 is 0 Å². The van der Waals surface area contributed by atoms with Crippen molar-refractivity contribution in [2.45, 2.75) is 27.2 Å².